The second-order valence-corrected chi connectivity index (χ2v) is 5.72. The van der Waals surface area contributed by atoms with E-state index >= 15 is 0 Å². The van der Waals surface area contributed by atoms with Gasteiger partial charge in [0.1, 0.15) is 11.3 Å². The van der Waals surface area contributed by atoms with E-state index in [-0.39, 0.29) is 5.91 Å². The van der Waals surface area contributed by atoms with Crippen LogP contribution in [-0.4, -0.2) is 29.1 Å². The Morgan fingerprint density at radius 3 is 2.62 bits per heavy atom. The number of piperidine rings is 1. The van der Waals surface area contributed by atoms with Crippen LogP contribution in [0.3, 0.4) is 0 Å². The minimum atomic E-state index is 0.0481. The average molecular weight is 284 g/mol. The summed E-state index contributed by atoms with van der Waals surface area (Å²) in [4.78, 5) is 14.3. The van der Waals surface area contributed by atoms with Crippen LogP contribution in [0.5, 0.6) is 0 Å². The quantitative estimate of drug-likeness (QED) is 0.870. The zero-order chi connectivity index (χ0) is 14.7. The molecule has 1 aliphatic heterocycles. The number of hydrogen-bond donors (Lipinski definition) is 0. The lowest BCUT2D eigenvalue weighted by molar-refractivity contribution is 0.0689. The summed E-state index contributed by atoms with van der Waals surface area (Å²) < 4.78 is 4.98. The normalized spacial score (nSPS) is 16.1. The molecule has 4 heteroatoms. The lowest BCUT2D eigenvalue weighted by Gasteiger charge is -2.32. The van der Waals surface area contributed by atoms with Crippen molar-refractivity contribution in [3.05, 3.63) is 53.4 Å². The van der Waals surface area contributed by atoms with E-state index in [1.807, 2.05) is 11.0 Å². The van der Waals surface area contributed by atoms with Crippen molar-refractivity contribution in [2.75, 3.05) is 13.1 Å². The summed E-state index contributed by atoms with van der Waals surface area (Å²) >= 11 is 0. The van der Waals surface area contributed by atoms with E-state index in [0.717, 1.165) is 32.4 Å². The van der Waals surface area contributed by atoms with Crippen LogP contribution in [0.25, 0.3) is 0 Å². The molecule has 1 aromatic heterocycles. The van der Waals surface area contributed by atoms with Crippen molar-refractivity contribution < 1.29 is 9.32 Å². The maximum atomic E-state index is 12.4. The lowest BCUT2D eigenvalue weighted by atomic mass is 9.90. The van der Waals surface area contributed by atoms with E-state index in [1.54, 1.807) is 6.92 Å². The van der Waals surface area contributed by atoms with Gasteiger partial charge in [-0.05, 0) is 37.7 Å². The lowest BCUT2D eigenvalue weighted by Crippen LogP contribution is -2.39. The number of aryl methyl sites for hydroxylation is 1. The third-order valence-corrected chi connectivity index (χ3v) is 4.25. The zero-order valence-corrected chi connectivity index (χ0v) is 12.3. The molecule has 110 valence electrons. The number of likely N-dealkylation sites (tertiary alicyclic amines) is 1. The molecule has 1 saturated heterocycles. The van der Waals surface area contributed by atoms with Gasteiger partial charge in [-0.15, -0.1) is 0 Å². The number of rotatable bonds is 3. The van der Waals surface area contributed by atoms with Gasteiger partial charge in [-0.25, -0.2) is 0 Å². The monoisotopic (exact) mass is 284 g/mol. The molecule has 21 heavy (non-hydrogen) atoms. The van der Waals surface area contributed by atoms with Crippen LogP contribution in [0.15, 0.2) is 41.1 Å². The molecule has 1 aromatic carbocycles. The third kappa shape index (κ3) is 3.15. The predicted molar refractivity (Wildman–Crippen MR) is 80.0 cm³/mol. The van der Waals surface area contributed by atoms with Crippen molar-refractivity contribution >= 4 is 5.91 Å². The van der Waals surface area contributed by atoms with E-state index < -0.39 is 0 Å². The standard InChI is InChI=1S/C17H20N2O2/c1-13-16(12-18-21-13)17(20)19-9-7-15(8-10-19)11-14-5-3-2-4-6-14/h2-6,12,15H,7-11H2,1H3. The van der Waals surface area contributed by atoms with Gasteiger partial charge in [-0.2, -0.15) is 0 Å². The van der Waals surface area contributed by atoms with E-state index in [1.165, 1.54) is 11.8 Å². The number of hydrogen-bond acceptors (Lipinski definition) is 3. The predicted octanol–water partition coefficient (Wildman–Crippen LogP) is 3.08. The van der Waals surface area contributed by atoms with Gasteiger partial charge in [-0.3, -0.25) is 4.79 Å². The Morgan fingerprint density at radius 1 is 1.29 bits per heavy atom. The van der Waals surface area contributed by atoms with Gasteiger partial charge < -0.3 is 9.42 Å². The molecular formula is C17H20N2O2. The van der Waals surface area contributed by atoms with Crippen LogP contribution < -0.4 is 0 Å². The SMILES string of the molecule is Cc1oncc1C(=O)N1CCC(Cc2ccccc2)CC1. The maximum Gasteiger partial charge on any atom is 0.259 e. The summed E-state index contributed by atoms with van der Waals surface area (Å²) in [5.74, 6) is 1.32. The van der Waals surface area contributed by atoms with Gasteiger partial charge >= 0.3 is 0 Å². The zero-order valence-electron chi connectivity index (χ0n) is 12.3. The fourth-order valence-electron chi connectivity index (χ4n) is 2.96. The molecule has 2 heterocycles. The highest BCUT2D eigenvalue weighted by Crippen LogP contribution is 2.23. The number of amides is 1. The molecule has 2 aromatic rings. The molecule has 4 nitrogen and oxygen atoms in total. The molecule has 0 unspecified atom stereocenters. The van der Waals surface area contributed by atoms with Crippen LogP contribution >= 0.6 is 0 Å². The van der Waals surface area contributed by atoms with E-state index in [0.29, 0.717) is 17.2 Å². The summed E-state index contributed by atoms with van der Waals surface area (Å²) in [7, 11) is 0. The molecule has 1 amide bonds. The van der Waals surface area contributed by atoms with Crippen molar-refractivity contribution in [1.29, 1.82) is 0 Å². The minimum absolute atomic E-state index is 0.0481. The largest absolute Gasteiger partial charge is 0.361 e. The Labute approximate surface area is 124 Å². The van der Waals surface area contributed by atoms with Gasteiger partial charge in [0, 0.05) is 13.1 Å². The summed E-state index contributed by atoms with van der Waals surface area (Å²) in [6.07, 6.45) is 4.75. The molecule has 3 rings (SSSR count). The van der Waals surface area contributed by atoms with Crippen molar-refractivity contribution in [2.45, 2.75) is 26.2 Å². The van der Waals surface area contributed by atoms with Crippen LogP contribution in [0.2, 0.25) is 0 Å². The molecule has 0 bridgehead atoms. The fraction of sp³-hybridized carbons (Fsp3) is 0.412. The summed E-state index contributed by atoms with van der Waals surface area (Å²) in [5, 5.41) is 3.69. The van der Waals surface area contributed by atoms with Gasteiger partial charge in [0.2, 0.25) is 0 Å². The molecule has 0 spiro atoms. The second kappa shape index (κ2) is 6.12. The number of carbonyl (C=O) groups excluding carboxylic acids is 1. The fourth-order valence-corrected chi connectivity index (χ4v) is 2.96. The van der Waals surface area contributed by atoms with E-state index in [4.69, 9.17) is 4.52 Å². The first kappa shape index (κ1) is 13.9. The van der Waals surface area contributed by atoms with Gasteiger partial charge in [0.25, 0.3) is 5.91 Å². The highest BCUT2D eigenvalue weighted by atomic mass is 16.5. The Bertz CT molecular complexity index is 598. The first-order valence-electron chi connectivity index (χ1n) is 7.48. The molecule has 0 N–H and O–H groups in total. The third-order valence-electron chi connectivity index (χ3n) is 4.25. The molecular weight excluding hydrogens is 264 g/mol. The average Bonchev–Trinajstić information content (AvgIpc) is 2.94. The number of benzene rings is 1. The summed E-state index contributed by atoms with van der Waals surface area (Å²) in [6, 6.07) is 10.6. The number of nitrogens with zero attached hydrogens (tertiary/aromatic N) is 2. The first-order chi connectivity index (χ1) is 10.2. The van der Waals surface area contributed by atoms with Gasteiger partial charge in [0.15, 0.2) is 0 Å². The van der Waals surface area contributed by atoms with Gasteiger partial charge in [-0.1, -0.05) is 35.5 Å². The summed E-state index contributed by atoms with van der Waals surface area (Å²) in [6.45, 7) is 3.42. The molecule has 0 aliphatic carbocycles. The second-order valence-electron chi connectivity index (χ2n) is 5.72. The van der Waals surface area contributed by atoms with Crippen LogP contribution in [0.4, 0.5) is 0 Å². The number of aromatic nitrogens is 1. The van der Waals surface area contributed by atoms with Crippen molar-refractivity contribution in [1.82, 2.24) is 10.1 Å². The van der Waals surface area contributed by atoms with Crippen molar-refractivity contribution in [2.24, 2.45) is 5.92 Å². The minimum Gasteiger partial charge on any atom is -0.361 e. The molecule has 0 radical (unpaired) electrons. The topological polar surface area (TPSA) is 46.3 Å². The van der Waals surface area contributed by atoms with Crippen LogP contribution in [-0.2, 0) is 6.42 Å². The highest BCUT2D eigenvalue weighted by Gasteiger charge is 2.25. The van der Waals surface area contributed by atoms with Crippen LogP contribution in [0, 0.1) is 12.8 Å². The van der Waals surface area contributed by atoms with Crippen LogP contribution in [0.1, 0.15) is 34.5 Å². The molecule has 1 aliphatic rings. The first-order valence-corrected chi connectivity index (χ1v) is 7.48. The molecule has 0 saturated carbocycles. The maximum absolute atomic E-state index is 12.4. The summed E-state index contributed by atoms with van der Waals surface area (Å²) in [5.41, 5.74) is 1.98. The Morgan fingerprint density at radius 2 is 2.00 bits per heavy atom. The Kier molecular flexibility index (Phi) is 4.04. The Balaban J connectivity index is 1.56. The van der Waals surface area contributed by atoms with Crippen molar-refractivity contribution in [3.63, 3.8) is 0 Å². The smallest absolute Gasteiger partial charge is 0.259 e. The number of carbonyl (C=O) groups is 1. The molecule has 1 fully saturated rings. The highest BCUT2D eigenvalue weighted by molar-refractivity contribution is 5.94. The van der Waals surface area contributed by atoms with Crippen molar-refractivity contribution in [3.8, 4) is 0 Å². The molecule has 0 atom stereocenters. The van der Waals surface area contributed by atoms with Gasteiger partial charge in [0.05, 0.1) is 6.20 Å². The van der Waals surface area contributed by atoms with E-state index in [2.05, 4.69) is 29.4 Å². The van der Waals surface area contributed by atoms with E-state index in [9.17, 15) is 4.79 Å². The Hall–Kier alpha value is -2.10.